The fourth-order valence-corrected chi connectivity index (χ4v) is 0.621. The van der Waals surface area contributed by atoms with Crippen LogP contribution in [-0.4, -0.2) is 54.2 Å². The summed E-state index contributed by atoms with van der Waals surface area (Å²) in [5, 5.41) is -11.2. The predicted octanol–water partition coefficient (Wildman–Crippen LogP) is 4.11. The molecule has 188 valence electrons. The summed E-state index contributed by atoms with van der Waals surface area (Å²) in [6.07, 6.45) is -12.0. The second-order valence-electron chi connectivity index (χ2n) is 3.58. The molecule has 0 aromatic rings. The third kappa shape index (κ3) is 21.5. The van der Waals surface area contributed by atoms with E-state index in [2.05, 4.69) is 0 Å². The average molecular weight is 542 g/mol. The van der Waals surface area contributed by atoms with Crippen molar-refractivity contribution < 1.29 is 95.3 Å². The molecule has 0 fully saturated rings. The van der Waals surface area contributed by atoms with Gasteiger partial charge in [-0.25, -0.2) is 16.8 Å². The van der Waals surface area contributed by atoms with E-state index in [1.807, 2.05) is 0 Å². The lowest BCUT2D eigenvalue weighted by Gasteiger charge is -2.11. The van der Waals surface area contributed by atoms with Crippen LogP contribution in [0.2, 0.25) is 0 Å². The smallest absolute Gasteiger partial charge is 0.418 e. The van der Waals surface area contributed by atoms with Crippen LogP contribution in [0.25, 0.3) is 0 Å². The van der Waals surface area contributed by atoms with Crippen LogP contribution in [0.4, 0.5) is 78.4 Å². The summed E-state index contributed by atoms with van der Waals surface area (Å²) in [4.78, 5) is 0. The van der Waals surface area contributed by atoms with Gasteiger partial charge in [-0.15, -0.1) is 0 Å². The summed E-state index contributed by atoms with van der Waals surface area (Å²) < 4.78 is 226. The average Bonchev–Trinajstić information content (AvgIpc) is 2.31. The van der Waals surface area contributed by atoms with Gasteiger partial charge in [0.1, 0.15) is 0 Å². The van der Waals surface area contributed by atoms with E-state index < -0.39 is 58.8 Å². The van der Waals surface area contributed by atoms with E-state index in [-0.39, 0.29) is 0 Å². The molecule has 0 aromatic carbocycles. The zero-order valence-corrected chi connectivity index (χ0v) is 14.3. The van der Waals surface area contributed by atoms with Gasteiger partial charge >= 0.3 is 37.4 Å². The number of alkyl halides is 10. The lowest BCUT2D eigenvalue weighted by atomic mass is 10.3. The van der Waals surface area contributed by atoms with E-state index >= 15 is 0 Å². The monoisotopic (exact) mass is 542 g/mol. The molecule has 0 aliphatic rings. The van der Waals surface area contributed by atoms with Crippen molar-refractivity contribution in [2.24, 2.45) is 0 Å². The normalized spacial score (nSPS) is 13.5. The number of hydrogen-bond donors (Lipinski definition) is 2. The summed E-state index contributed by atoms with van der Waals surface area (Å²) in [6, 6.07) is 0. The fourth-order valence-electron chi connectivity index (χ4n) is 0.207. The van der Waals surface area contributed by atoms with Crippen molar-refractivity contribution in [1.29, 1.82) is 0 Å². The van der Waals surface area contributed by atoms with Crippen molar-refractivity contribution in [1.82, 2.24) is 0 Å². The second kappa shape index (κ2) is 12.0. The molecule has 0 amide bonds. The third-order valence-corrected chi connectivity index (χ3v) is 2.57. The summed E-state index contributed by atoms with van der Waals surface area (Å²) >= 11 is 0. The van der Waals surface area contributed by atoms with Gasteiger partial charge in [0.25, 0.3) is 0 Å². The van der Waals surface area contributed by atoms with Gasteiger partial charge in [0.2, 0.25) is 21.4 Å². The Labute approximate surface area is 155 Å². The van der Waals surface area contributed by atoms with Crippen molar-refractivity contribution >= 4 is 35.9 Å². The first kappa shape index (κ1) is 36.2. The highest BCUT2D eigenvalue weighted by molar-refractivity contribution is 7.73. The first-order chi connectivity index (χ1) is 12.4. The van der Waals surface area contributed by atoms with Crippen molar-refractivity contribution in [3.8, 4) is 0 Å². The van der Waals surface area contributed by atoms with Crippen molar-refractivity contribution in [3.05, 3.63) is 0 Å². The highest BCUT2D eigenvalue weighted by Gasteiger charge is 2.61. The van der Waals surface area contributed by atoms with Gasteiger partial charge in [0.05, 0.1) is 0 Å². The Morgan fingerprint density at radius 3 is 0.500 bits per heavy atom. The molecule has 0 atom stereocenters. The molecule has 0 saturated carbocycles. The molecule has 0 unspecified atom stereocenters. The molecule has 30 heavy (non-hydrogen) atoms. The van der Waals surface area contributed by atoms with Gasteiger partial charge in [0, 0.05) is 0 Å². The topological polar surface area (TPSA) is 68.3 Å². The Hall–Kier alpha value is -1.23. The molecule has 4 nitrogen and oxygen atoms in total. The highest BCUT2D eigenvalue weighted by Crippen LogP contribution is 2.36. The van der Waals surface area contributed by atoms with Gasteiger partial charge in [-0.2, -0.15) is 43.9 Å². The summed E-state index contributed by atoms with van der Waals surface area (Å²) in [5.41, 5.74) is 0. The van der Waals surface area contributed by atoms with Gasteiger partial charge < -0.3 is 34.5 Å². The summed E-state index contributed by atoms with van der Waals surface area (Å²) in [7, 11) is -21.6. The SMILES string of the molecule is F[B-](F)(F)F.F[B-](F)(F)F.O=[SH](=O)C(F)(F)C(F)(F)F.O=[SH](=O)C(F)(F)C(F)(F)F. The van der Waals surface area contributed by atoms with Crippen LogP contribution in [0.1, 0.15) is 0 Å². The van der Waals surface area contributed by atoms with Crippen molar-refractivity contribution in [2.75, 3.05) is 0 Å². The van der Waals surface area contributed by atoms with Gasteiger partial charge in [-0.1, -0.05) is 0 Å². The molecular weight excluding hydrogens is 540 g/mol. The summed E-state index contributed by atoms with van der Waals surface area (Å²) in [5.74, 6) is 0. The lowest BCUT2D eigenvalue weighted by molar-refractivity contribution is -0.240. The van der Waals surface area contributed by atoms with Crippen LogP contribution in [0.15, 0.2) is 0 Å². The molecule has 0 heterocycles. The minimum Gasteiger partial charge on any atom is -0.418 e. The van der Waals surface area contributed by atoms with E-state index in [0.29, 0.717) is 0 Å². The number of thiol groups is 2. The Bertz CT molecular complexity index is 553. The highest BCUT2D eigenvalue weighted by atomic mass is 32.2. The Morgan fingerprint density at radius 1 is 0.400 bits per heavy atom. The van der Waals surface area contributed by atoms with Crippen LogP contribution in [0, 0.1) is 0 Å². The minimum atomic E-state index is -6.01. The molecule has 0 N–H and O–H groups in total. The quantitative estimate of drug-likeness (QED) is 0.314. The van der Waals surface area contributed by atoms with E-state index in [9.17, 15) is 95.3 Å². The molecule has 0 spiro atoms. The molecule has 0 rings (SSSR count). The van der Waals surface area contributed by atoms with Crippen LogP contribution >= 0.6 is 0 Å². The Morgan fingerprint density at radius 2 is 0.500 bits per heavy atom. The van der Waals surface area contributed by atoms with E-state index in [1.54, 1.807) is 0 Å². The van der Waals surface area contributed by atoms with Gasteiger partial charge in [-0.05, 0) is 0 Å². The molecule has 26 heteroatoms. The van der Waals surface area contributed by atoms with Gasteiger partial charge in [0.15, 0.2) is 0 Å². The predicted molar refractivity (Wildman–Crippen MR) is 63.0 cm³/mol. The van der Waals surface area contributed by atoms with Crippen LogP contribution < -0.4 is 0 Å². The van der Waals surface area contributed by atoms with E-state index in [0.717, 1.165) is 0 Å². The van der Waals surface area contributed by atoms with E-state index in [4.69, 9.17) is 0 Å². The van der Waals surface area contributed by atoms with Crippen molar-refractivity contribution in [3.63, 3.8) is 0 Å². The maximum atomic E-state index is 11.3. The molecule has 0 saturated heterocycles. The third-order valence-electron chi connectivity index (χ3n) is 1.14. The van der Waals surface area contributed by atoms with Gasteiger partial charge in [-0.3, -0.25) is 0 Å². The van der Waals surface area contributed by atoms with E-state index in [1.165, 1.54) is 0 Å². The lowest BCUT2D eigenvalue weighted by Crippen LogP contribution is -2.37. The summed E-state index contributed by atoms with van der Waals surface area (Å²) in [6.45, 7) is 0. The molecule has 0 aromatic heterocycles. The zero-order valence-electron chi connectivity index (χ0n) is 12.5. The maximum absolute atomic E-state index is 11.3. The zero-order chi connectivity index (χ0) is 26.2. The Balaban J connectivity index is -0.000000159. The number of rotatable bonds is 2. The largest absolute Gasteiger partial charge is 0.673 e. The number of halogens is 18. The van der Waals surface area contributed by atoms with Crippen molar-refractivity contribution in [2.45, 2.75) is 22.9 Å². The minimum absolute atomic E-state index is 4.79. The number of hydrogen-bond acceptors (Lipinski definition) is 4. The molecular formula is C4H2B2F18O4S2-2. The molecule has 0 radical (unpaired) electrons. The second-order valence-corrected chi connectivity index (χ2v) is 5.73. The van der Waals surface area contributed by atoms with Crippen LogP contribution in [0.3, 0.4) is 0 Å². The molecule has 0 aliphatic heterocycles. The Kier molecular flexibility index (Phi) is 14.4. The molecule has 0 aliphatic carbocycles. The first-order valence-corrected chi connectivity index (χ1v) is 7.67. The van der Waals surface area contributed by atoms with Crippen LogP contribution in [0.5, 0.6) is 0 Å². The van der Waals surface area contributed by atoms with Crippen LogP contribution in [-0.2, 0) is 21.4 Å². The standard InChI is InChI=1S/2C2HF5O2S.2BF4/c2*3-1(4,5)2(6,7)10(8)9;2*2-1(3,4)5/h2*10H;;/q;;2*-1. The maximum Gasteiger partial charge on any atom is 0.673 e. The molecule has 0 bridgehead atoms. The first-order valence-electron chi connectivity index (χ1n) is 5.31. The fraction of sp³-hybridized carbons (Fsp3) is 1.00.